The van der Waals surface area contributed by atoms with Crippen molar-refractivity contribution in [3.63, 3.8) is 0 Å². The summed E-state index contributed by atoms with van der Waals surface area (Å²) >= 11 is 0. The maximum atomic E-state index is 14.8. The highest BCUT2D eigenvalue weighted by Crippen LogP contribution is 2.64. The molecule has 4 N–H and O–H groups in total. The number of hydrogen-bond acceptors (Lipinski definition) is 12. The van der Waals surface area contributed by atoms with Crippen molar-refractivity contribution >= 4 is 23.9 Å². The Morgan fingerprint density at radius 1 is 0.425 bits per heavy atom. The van der Waals surface area contributed by atoms with E-state index in [0.717, 1.165) is 32.6 Å². The first kappa shape index (κ1) is 78.4. The lowest BCUT2D eigenvalue weighted by molar-refractivity contribution is -0.313. The normalized spacial score (nSPS) is 24.0. The van der Waals surface area contributed by atoms with E-state index >= 15 is 0 Å². The zero-order chi connectivity index (χ0) is 67.8. The number of rotatable bonds is 20. The number of hydrogen-bond donors (Lipinski definition) is 4. The van der Waals surface area contributed by atoms with Gasteiger partial charge < -0.3 is 39.4 Å². The van der Waals surface area contributed by atoms with E-state index < -0.39 is 145 Å². The molecule has 0 amide bonds. The lowest BCUT2D eigenvalue weighted by atomic mass is 9.47. The number of carbonyl (C=O) groups is 4. The van der Waals surface area contributed by atoms with Crippen LogP contribution in [0.4, 0.5) is 87.8 Å². The van der Waals surface area contributed by atoms with Gasteiger partial charge in [0, 0.05) is 39.5 Å². The summed E-state index contributed by atoms with van der Waals surface area (Å²) in [5.41, 5.74) is -1.86. The van der Waals surface area contributed by atoms with Crippen LogP contribution in [0, 0.1) is 35.0 Å². The van der Waals surface area contributed by atoms with E-state index in [0.29, 0.717) is 44.9 Å². The van der Waals surface area contributed by atoms with Crippen molar-refractivity contribution in [2.24, 2.45) is 35.0 Å². The summed E-state index contributed by atoms with van der Waals surface area (Å²) in [7, 11) is 0. The first-order valence-electron chi connectivity index (χ1n) is 27.1. The topological polar surface area (TPSA) is 186 Å². The summed E-state index contributed by atoms with van der Waals surface area (Å²) in [6.45, 7) is 18.9. The monoisotopic (exact) mass is 1300 g/mol. The molecule has 8 unspecified atom stereocenters. The molecule has 0 saturated heterocycles. The van der Waals surface area contributed by atoms with Gasteiger partial charge in [-0.15, -0.1) is 0 Å². The molecule has 504 valence electrons. The minimum absolute atomic E-state index is 0.0680. The molecule has 4 bridgehead atoms. The van der Waals surface area contributed by atoms with Gasteiger partial charge in [-0.3, -0.25) is 0 Å². The smallest absolute Gasteiger partial charge is 0.420 e. The van der Waals surface area contributed by atoms with Gasteiger partial charge >= 0.3 is 66.4 Å². The Balaban J connectivity index is 0.000000400. The van der Waals surface area contributed by atoms with Gasteiger partial charge in [0.15, 0.2) is 18.3 Å². The van der Waals surface area contributed by atoms with E-state index in [1.165, 1.54) is 27.7 Å². The van der Waals surface area contributed by atoms with Crippen molar-refractivity contribution in [2.45, 2.75) is 235 Å². The van der Waals surface area contributed by atoms with Gasteiger partial charge in [0.25, 0.3) is 5.92 Å². The molecule has 6 rings (SSSR count). The van der Waals surface area contributed by atoms with Crippen molar-refractivity contribution < 1.29 is 146 Å². The quantitative estimate of drug-likeness (QED) is 0.0392. The molecule has 0 aliphatic heterocycles. The summed E-state index contributed by atoms with van der Waals surface area (Å²) in [4.78, 5) is 45.8. The maximum Gasteiger partial charge on any atom is 0.420 e. The largest absolute Gasteiger partial charge is 0.459 e. The number of halogens is 20. The predicted molar refractivity (Wildman–Crippen MR) is 266 cm³/mol. The molecule has 0 aromatic carbocycles. The molecule has 0 heterocycles. The summed E-state index contributed by atoms with van der Waals surface area (Å²) < 4.78 is 279. The molecule has 0 aromatic heterocycles. The van der Waals surface area contributed by atoms with Crippen LogP contribution in [0.1, 0.15) is 137 Å². The van der Waals surface area contributed by atoms with Crippen LogP contribution in [0.2, 0.25) is 0 Å². The molecule has 32 heteroatoms. The third-order valence-corrected chi connectivity index (χ3v) is 15.3. The zero-order valence-corrected chi connectivity index (χ0v) is 47.8. The third-order valence-electron chi connectivity index (χ3n) is 15.3. The molecule has 0 radical (unpaired) electrons. The maximum absolute atomic E-state index is 14.8. The van der Waals surface area contributed by atoms with Crippen molar-refractivity contribution in [3.8, 4) is 0 Å². The van der Waals surface area contributed by atoms with E-state index in [9.17, 15) is 112 Å². The Labute approximate surface area is 487 Å². The average Bonchev–Trinajstić information content (AvgIpc) is 1.01. The van der Waals surface area contributed by atoms with Crippen LogP contribution in [0.3, 0.4) is 0 Å². The van der Waals surface area contributed by atoms with Crippen LogP contribution in [-0.4, -0.2) is 142 Å². The van der Waals surface area contributed by atoms with E-state index in [-0.39, 0.29) is 65.7 Å². The van der Waals surface area contributed by atoms with Gasteiger partial charge in [0.05, 0.1) is 6.42 Å². The summed E-state index contributed by atoms with van der Waals surface area (Å²) in [5.74, 6) is -24.2. The Hall–Kier alpha value is -4.72. The number of aliphatic hydroxyl groups excluding tert-OH is 4. The Morgan fingerprint density at radius 3 is 0.977 bits per heavy atom. The van der Waals surface area contributed by atoms with Crippen molar-refractivity contribution in [1.82, 2.24) is 0 Å². The van der Waals surface area contributed by atoms with Crippen molar-refractivity contribution in [3.05, 3.63) is 48.6 Å². The van der Waals surface area contributed by atoms with Crippen molar-refractivity contribution in [1.29, 1.82) is 0 Å². The van der Waals surface area contributed by atoms with Gasteiger partial charge in [-0.2, -0.15) is 79.0 Å². The van der Waals surface area contributed by atoms with Crippen LogP contribution in [-0.2, 0) is 38.1 Å². The fraction of sp³-hybridized carbons (Fsp3) is 0.782. The molecule has 0 aromatic rings. The van der Waals surface area contributed by atoms with Crippen LogP contribution < -0.4 is 0 Å². The van der Waals surface area contributed by atoms with E-state index in [1.807, 2.05) is 0 Å². The summed E-state index contributed by atoms with van der Waals surface area (Å²) in [6.07, 6.45) is -39.9. The number of esters is 4. The highest BCUT2D eigenvalue weighted by Gasteiger charge is 2.69. The number of ether oxygens (including phenoxy) is 4. The van der Waals surface area contributed by atoms with Gasteiger partial charge in [0.1, 0.15) is 6.10 Å². The van der Waals surface area contributed by atoms with Crippen LogP contribution >= 0.6 is 0 Å². The standard InChI is InChI=1S/C18H23F5O3.C14H19F5O3.C13H17F5O3.C10H13F5O3/c1-9(2)13(24)26-15(17(19,20)14(25)18(21,22)23)16-6-10-3-11(7-16)5-12(4-10)8-16;1-8(2)11(20)22-10(9-6-4-3-5-7-9)13(15,16)12(21)14(17,18)19;1-7(2)10(19)21-9(8-5-3-4-6-8)12(14,15)11(20)13(16,17)18;1-5(2)7(16)18-6(3)4-9(11,12)8(17)10(13,14)15/h10-12,14-15,25H,1,3-8H2,2H3;9-10,12,21H,1,3-7H2,2H3;8-9,11,20H,1,3-6H2,2H3;6,8,17H,1,4H2,2-3H3. The second kappa shape index (κ2) is 29.9. The SMILES string of the molecule is C=C(C)C(=O)OC(C)CC(F)(F)C(O)C(F)(F)F.C=C(C)C(=O)OC(C12CC3CC(CC(C3)C1)C2)C(F)(F)C(O)C(F)(F)F.C=C(C)C(=O)OC(C1CCCC1)C(F)(F)C(O)C(F)(F)F.C=C(C)C(=O)OC(C1CCCCC1)C(F)(F)C(O)C(F)(F)F. The molecule has 6 fully saturated rings. The molecule has 6 aliphatic carbocycles. The fourth-order valence-electron chi connectivity index (χ4n) is 11.6. The van der Waals surface area contributed by atoms with Gasteiger partial charge in [-0.1, -0.05) is 58.4 Å². The Kier molecular flexibility index (Phi) is 27.0. The lowest BCUT2D eigenvalue weighted by Crippen LogP contribution is -2.63. The second-order valence-electron chi connectivity index (χ2n) is 23.3. The molecule has 87 heavy (non-hydrogen) atoms. The molecule has 0 spiro atoms. The molecule has 6 saturated carbocycles. The number of carbonyl (C=O) groups excluding carboxylic acids is 4. The first-order valence-corrected chi connectivity index (χ1v) is 27.1. The van der Waals surface area contributed by atoms with Crippen LogP contribution in [0.25, 0.3) is 0 Å². The van der Waals surface area contributed by atoms with Gasteiger partial charge in [0.2, 0.25) is 24.4 Å². The summed E-state index contributed by atoms with van der Waals surface area (Å²) in [6, 6.07) is 0. The van der Waals surface area contributed by atoms with E-state index in [2.05, 4.69) is 40.5 Å². The van der Waals surface area contributed by atoms with Gasteiger partial charge in [-0.05, 0) is 117 Å². The average molecular weight is 1310 g/mol. The number of alkyl halides is 20. The molecular weight excluding hydrogens is 1230 g/mol. The minimum atomic E-state index is -5.51. The van der Waals surface area contributed by atoms with Crippen LogP contribution in [0.5, 0.6) is 0 Å². The van der Waals surface area contributed by atoms with Crippen LogP contribution in [0.15, 0.2) is 48.6 Å². The highest BCUT2D eigenvalue weighted by atomic mass is 19.4. The summed E-state index contributed by atoms with van der Waals surface area (Å²) in [5, 5.41) is 35.7. The first-order chi connectivity index (χ1) is 39.2. The Morgan fingerprint density at radius 2 is 0.690 bits per heavy atom. The van der Waals surface area contributed by atoms with E-state index in [1.54, 1.807) is 0 Å². The predicted octanol–water partition coefficient (Wildman–Crippen LogP) is 13.5. The van der Waals surface area contributed by atoms with E-state index in [4.69, 9.17) is 20.1 Å². The molecule has 12 nitrogen and oxygen atoms in total. The lowest BCUT2D eigenvalue weighted by Gasteiger charge is -2.59. The number of aliphatic hydroxyl groups is 4. The van der Waals surface area contributed by atoms with Gasteiger partial charge in [-0.25, -0.2) is 28.0 Å². The zero-order valence-electron chi connectivity index (χ0n) is 47.8. The molecule has 8 atom stereocenters. The molecular formula is C55H72F20O12. The second-order valence-corrected chi connectivity index (χ2v) is 23.3. The highest BCUT2D eigenvalue weighted by molar-refractivity contribution is 5.88. The minimum Gasteiger partial charge on any atom is -0.459 e. The van der Waals surface area contributed by atoms with Crippen molar-refractivity contribution in [2.75, 3.05) is 0 Å². The Bertz CT molecular complexity index is 2340. The fourth-order valence-corrected chi connectivity index (χ4v) is 11.6. The molecule has 6 aliphatic rings. The third kappa shape index (κ3) is 21.5.